The highest BCUT2D eigenvalue weighted by Gasteiger charge is 2.24. The molecule has 0 aromatic carbocycles. The molecular weight excluding hydrogens is 240 g/mol. The zero-order valence-electron chi connectivity index (χ0n) is 10.3. The minimum Gasteiger partial charge on any atom is -0.388 e. The molecule has 1 N–H and O–H groups in total. The van der Waals surface area contributed by atoms with Gasteiger partial charge in [-0.3, -0.25) is 4.68 Å². The monoisotopic (exact) mass is 258 g/mol. The largest absolute Gasteiger partial charge is 0.388 e. The summed E-state index contributed by atoms with van der Waals surface area (Å²) in [6, 6.07) is 0. The lowest BCUT2D eigenvalue weighted by Crippen LogP contribution is -2.18. The molecule has 1 saturated heterocycles. The number of halogens is 1. The molecule has 0 spiro atoms. The van der Waals surface area contributed by atoms with E-state index in [0.717, 1.165) is 43.7 Å². The van der Waals surface area contributed by atoms with Crippen LogP contribution in [0.3, 0.4) is 0 Å². The molecule has 2 rings (SSSR count). The Bertz CT molecular complexity index is 386. The second-order valence-corrected chi connectivity index (χ2v) is 5.08. The van der Waals surface area contributed by atoms with Gasteiger partial charge in [0, 0.05) is 25.8 Å². The second-order valence-electron chi connectivity index (χ2n) is 4.72. The number of aromatic nitrogens is 2. The highest BCUT2D eigenvalue weighted by Crippen LogP contribution is 2.32. The van der Waals surface area contributed by atoms with Gasteiger partial charge in [0.05, 0.1) is 11.8 Å². The fraction of sp³-hybridized carbons (Fsp3) is 0.750. The van der Waals surface area contributed by atoms with E-state index in [2.05, 4.69) is 5.10 Å². The van der Waals surface area contributed by atoms with Gasteiger partial charge in [0.2, 0.25) is 0 Å². The molecule has 0 bridgehead atoms. The van der Waals surface area contributed by atoms with Crippen molar-refractivity contribution >= 4 is 11.6 Å². The highest BCUT2D eigenvalue weighted by atomic mass is 35.5. The Morgan fingerprint density at radius 2 is 2.18 bits per heavy atom. The first-order valence-corrected chi connectivity index (χ1v) is 6.42. The van der Waals surface area contributed by atoms with E-state index in [9.17, 15) is 5.11 Å². The molecule has 17 heavy (non-hydrogen) atoms. The van der Waals surface area contributed by atoms with Crippen molar-refractivity contribution in [1.29, 1.82) is 0 Å². The molecule has 1 aliphatic rings. The Balaban J connectivity index is 2.05. The van der Waals surface area contributed by atoms with Crippen molar-refractivity contribution < 1.29 is 9.84 Å². The maximum absolute atomic E-state index is 10.3. The molecule has 1 aromatic rings. The molecular formula is C12H19ClN2O2. The maximum atomic E-state index is 10.3. The van der Waals surface area contributed by atoms with Gasteiger partial charge in [-0.15, -0.1) is 0 Å². The number of nitrogens with zero attached hydrogens (tertiary/aromatic N) is 2. The van der Waals surface area contributed by atoms with Crippen molar-refractivity contribution in [3.63, 3.8) is 0 Å². The molecule has 96 valence electrons. The predicted molar refractivity (Wildman–Crippen MR) is 66.1 cm³/mol. The lowest BCUT2D eigenvalue weighted by Gasteiger charge is -2.24. The van der Waals surface area contributed by atoms with Gasteiger partial charge in [0.25, 0.3) is 0 Å². The number of aryl methyl sites for hydroxylation is 2. The van der Waals surface area contributed by atoms with Gasteiger partial charge in [0.1, 0.15) is 5.15 Å². The number of ether oxygens (including phenoxy) is 1. The number of hydrogen-bond acceptors (Lipinski definition) is 3. The Morgan fingerprint density at radius 1 is 1.53 bits per heavy atom. The number of aliphatic hydroxyl groups excluding tert-OH is 1. The molecule has 0 radical (unpaired) electrons. The average molecular weight is 259 g/mol. The van der Waals surface area contributed by atoms with Gasteiger partial charge < -0.3 is 9.84 Å². The van der Waals surface area contributed by atoms with Crippen molar-refractivity contribution in [2.45, 2.75) is 32.3 Å². The SMILES string of the molecule is Cc1nn(C)c(Cl)c1C(O)CC1CCOCC1. The first kappa shape index (κ1) is 12.9. The van der Waals surface area contributed by atoms with Gasteiger partial charge in [-0.1, -0.05) is 11.6 Å². The quantitative estimate of drug-likeness (QED) is 0.905. The summed E-state index contributed by atoms with van der Waals surface area (Å²) >= 11 is 6.14. The normalized spacial score (nSPS) is 19.5. The zero-order chi connectivity index (χ0) is 12.4. The van der Waals surface area contributed by atoms with Gasteiger partial charge in [0.15, 0.2) is 0 Å². The van der Waals surface area contributed by atoms with Crippen LogP contribution < -0.4 is 0 Å². The van der Waals surface area contributed by atoms with Crippen LogP contribution in [0.1, 0.15) is 36.6 Å². The van der Waals surface area contributed by atoms with Crippen molar-refractivity contribution in [2.24, 2.45) is 13.0 Å². The van der Waals surface area contributed by atoms with Crippen LogP contribution in [-0.4, -0.2) is 28.1 Å². The first-order valence-electron chi connectivity index (χ1n) is 6.04. The molecule has 5 heteroatoms. The smallest absolute Gasteiger partial charge is 0.132 e. The van der Waals surface area contributed by atoms with E-state index in [0.29, 0.717) is 11.1 Å². The molecule has 1 atom stereocenters. The summed E-state index contributed by atoms with van der Waals surface area (Å²) in [6.07, 6.45) is 2.27. The number of rotatable bonds is 3. The number of hydrogen-bond donors (Lipinski definition) is 1. The van der Waals surface area contributed by atoms with Crippen molar-refractivity contribution in [2.75, 3.05) is 13.2 Å². The summed E-state index contributed by atoms with van der Waals surface area (Å²) in [4.78, 5) is 0. The van der Waals surface area contributed by atoms with Crippen LogP contribution in [0.4, 0.5) is 0 Å². The summed E-state index contributed by atoms with van der Waals surface area (Å²) < 4.78 is 6.92. The number of aliphatic hydroxyl groups is 1. The first-order chi connectivity index (χ1) is 8.09. The average Bonchev–Trinajstić information content (AvgIpc) is 2.54. The van der Waals surface area contributed by atoms with Gasteiger partial charge in [-0.2, -0.15) is 5.10 Å². The molecule has 1 fully saturated rings. The summed E-state index contributed by atoms with van der Waals surface area (Å²) in [7, 11) is 1.79. The van der Waals surface area contributed by atoms with Gasteiger partial charge >= 0.3 is 0 Å². The van der Waals surface area contributed by atoms with Crippen LogP contribution in [0.15, 0.2) is 0 Å². The van der Waals surface area contributed by atoms with Crippen LogP contribution in [0.5, 0.6) is 0 Å². The third kappa shape index (κ3) is 2.81. The predicted octanol–water partition coefficient (Wildman–Crippen LogP) is 2.23. The topological polar surface area (TPSA) is 47.3 Å². The van der Waals surface area contributed by atoms with Crippen molar-refractivity contribution in [3.8, 4) is 0 Å². The fourth-order valence-corrected chi connectivity index (χ4v) is 2.74. The van der Waals surface area contributed by atoms with E-state index in [1.165, 1.54) is 0 Å². The third-order valence-electron chi connectivity index (χ3n) is 3.43. The van der Waals surface area contributed by atoms with Crippen molar-refractivity contribution in [1.82, 2.24) is 9.78 Å². The van der Waals surface area contributed by atoms with E-state index < -0.39 is 6.10 Å². The summed E-state index contributed by atoms with van der Waals surface area (Å²) in [5.74, 6) is 0.523. The van der Waals surface area contributed by atoms with E-state index >= 15 is 0 Å². The van der Waals surface area contributed by atoms with Crippen LogP contribution >= 0.6 is 11.6 Å². The van der Waals surface area contributed by atoms with Crippen molar-refractivity contribution in [3.05, 3.63) is 16.4 Å². The van der Waals surface area contributed by atoms with E-state index in [1.807, 2.05) is 6.92 Å². The molecule has 1 aromatic heterocycles. The Hall–Kier alpha value is -0.580. The Kier molecular flexibility index (Phi) is 4.07. The highest BCUT2D eigenvalue weighted by molar-refractivity contribution is 6.30. The van der Waals surface area contributed by atoms with E-state index in [4.69, 9.17) is 16.3 Å². The van der Waals surface area contributed by atoms with E-state index in [1.54, 1.807) is 11.7 Å². The standard InChI is InChI=1S/C12H19ClN2O2/c1-8-11(12(13)15(2)14-8)10(16)7-9-3-5-17-6-4-9/h9-10,16H,3-7H2,1-2H3. The lowest BCUT2D eigenvalue weighted by atomic mass is 9.91. The van der Waals surface area contributed by atoms with Crippen LogP contribution in [0.2, 0.25) is 5.15 Å². The Labute approximate surface area is 107 Å². The molecule has 1 aliphatic heterocycles. The van der Waals surface area contributed by atoms with Gasteiger partial charge in [-0.05, 0) is 32.1 Å². The lowest BCUT2D eigenvalue weighted by molar-refractivity contribution is 0.0434. The van der Waals surface area contributed by atoms with Gasteiger partial charge in [-0.25, -0.2) is 0 Å². The molecule has 0 amide bonds. The minimum atomic E-state index is -0.515. The molecule has 2 heterocycles. The molecule has 0 aliphatic carbocycles. The van der Waals surface area contributed by atoms with E-state index in [-0.39, 0.29) is 0 Å². The third-order valence-corrected chi connectivity index (χ3v) is 3.88. The summed E-state index contributed by atoms with van der Waals surface area (Å²) in [5.41, 5.74) is 1.60. The van der Waals surface area contributed by atoms with Crippen LogP contribution in [0, 0.1) is 12.8 Å². The molecule has 1 unspecified atom stereocenters. The van der Waals surface area contributed by atoms with Crippen LogP contribution in [-0.2, 0) is 11.8 Å². The zero-order valence-corrected chi connectivity index (χ0v) is 11.1. The molecule has 0 saturated carbocycles. The second kappa shape index (κ2) is 5.38. The minimum absolute atomic E-state index is 0.515. The summed E-state index contributed by atoms with van der Waals surface area (Å²) in [6.45, 7) is 3.49. The fourth-order valence-electron chi connectivity index (χ4n) is 2.44. The van der Waals surface area contributed by atoms with Crippen LogP contribution in [0.25, 0.3) is 0 Å². The Morgan fingerprint density at radius 3 is 2.71 bits per heavy atom. The molecule has 4 nitrogen and oxygen atoms in total. The maximum Gasteiger partial charge on any atom is 0.132 e. The summed E-state index contributed by atoms with van der Waals surface area (Å²) in [5, 5.41) is 15.0.